The third kappa shape index (κ3) is 4.12. The van der Waals surface area contributed by atoms with Gasteiger partial charge >= 0.3 is 12.1 Å². The second-order valence-corrected chi connectivity index (χ2v) is 5.43. The van der Waals surface area contributed by atoms with E-state index in [4.69, 9.17) is 5.11 Å². The maximum Gasteiger partial charge on any atom is 0.417 e. The van der Waals surface area contributed by atoms with Gasteiger partial charge in [0.15, 0.2) is 0 Å². The lowest BCUT2D eigenvalue weighted by Gasteiger charge is -2.14. The van der Waals surface area contributed by atoms with Gasteiger partial charge in [0, 0.05) is 12.2 Å². The molecule has 0 aliphatic heterocycles. The number of benzene rings is 1. The van der Waals surface area contributed by atoms with Crippen molar-refractivity contribution in [3.05, 3.63) is 29.3 Å². The van der Waals surface area contributed by atoms with Gasteiger partial charge in [-0.1, -0.05) is 25.7 Å². The average Bonchev–Trinajstić information content (AvgIpc) is 2.90. The molecule has 21 heavy (non-hydrogen) atoms. The third-order valence-electron chi connectivity index (χ3n) is 3.91. The van der Waals surface area contributed by atoms with Crippen LogP contribution in [-0.2, 0) is 6.18 Å². The Balaban J connectivity index is 2.03. The monoisotopic (exact) mass is 301 g/mol. The lowest BCUT2D eigenvalue weighted by Crippen LogP contribution is -2.14. The van der Waals surface area contributed by atoms with Crippen LogP contribution in [0.5, 0.6) is 0 Å². The number of aromatic carboxylic acids is 1. The van der Waals surface area contributed by atoms with Gasteiger partial charge in [0.25, 0.3) is 0 Å². The van der Waals surface area contributed by atoms with Gasteiger partial charge in [0.05, 0.1) is 11.1 Å². The van der Waals surface area contributed by atoms with Crippen LogP contribution in [0, 0.1) is 5.92 Å². The van der Waals surface area contributed by atoms with Crippen molar-refractivity contribution in [2.24, 2.45) is 5.92 Å². The summed E-state index contributed by atoms with van der Waals surface area (Å²) < 4.78 is 38.1. The molecule has 1 aliphatic carbocycles. The molecule has 0 spiro atoms. The van der Waals surface area contributed by atoms with E-state index < -0.39 is 23.3 Å². The Labute approximate surface area is 121 Å². The number of hydrogen-bond acceptors (Lipinski definition) is 2. The highest BCUT2D eigenvalue weighted by Gasteiger charge is 2.35. The van der Waals surface area contributed by atoms with E-state index in [-0.39, 0.29) is 0 Å². The van der Waals surface area contributed by atoms with Gasteiger partial charge in [-0.2, -0.15) is 13.2 Å². The van der Waals surface area contributed by atoms with Gasteiger partial charge in [0.1, 0.15) is 0 Å². The minimum absolute atomic E-state index is 0.415. The average molecular weight is 301 g/mol. The zero-order valence-electron chi connectivity index (χ0n) is 11.5. The van der Waals surface area contributed by atoms with E-state index in [1.807, 2.05) is 0 Å². The summed E-state index contributed by atoms with van der Waals surface area (Å²) in [6.07, 6.45) is 1.20. The number of anilines is 1. The topological polar surface area (TPSA) is 49.3 Å². The van der Waals surface area contributed by atoms with E-state index in [0.717, 1.165) is 18.6 Å². The van der Waals surface area contributed by atoms with Crippen molar-refractivity contribution in [3.8, 4) is 0 Å². The van der Waals surface area contributed by atoms with E-state index in [1.54, 1.807) is 0 Å². The van der Waals surface area contributed by atoms with E-state index in [2.05, 4.69) is 5.32 Å². The molecule has 1 saturated carbocycles. The summed E-state index contributed by atoms with van der Waals surface area (Å²) in [6, 6.07) is 3.16. The van der Waals surface area contributed by atoms with Crippen LogP contribution in [0.4, 0.5) is 18.9 Å². The van der Waals surface area contributed by atoms with Gasteiger partial charge in [-0.3, -0.25) is 0 Å². The minimum Gasteiger partial charge on any atom is -0.478 e. The predicted molar refractivity (Wildman–Crippen MR) is 73.5 cm³/mol. The van der Waals surface area contributed by atoms with Crippen molar-refractivity contribution in [2.75, 3.05) is 11.9 Å². The van der Waals surface area contributed by atoms with Crippen LogP contribution in [-0.4, -0.2) is 17.6 Å². The zero-order valence-corrected chi connectivity index (χ0v) is 11.5. The van der Waals surface area contributed by atoms with Crippen LogP contribution in [0.25, 0.3) is 0 Å². The molecule has 6 heteroatoms. The standard InChI is InChI=1S/C15H18F3NO2/c16-15(17,18)13-6-5-11(9-12(13)14(20)21)19-8-7-10-3-1-2-4-10/h5-6,9-10,19H,1-4,7-8H2,(H,20,21). The molecule has 0 aromatic heterocycles. The van der Waals surface area contributed by atoms with E-state index in [9.17, 15) is 18.0 Å². The Morgan fingerprint density at radius 2 is 1.95 bits per heavy atom. The molecule has 3 nitrogen and oxygen atoms in total. The van der Waals surface area contributed by atoms with Crippen molar-refractivity contribution in [2.45, 2.75) is 38.3 Å². The lowest BCUT2D eigenvalue weighted by molar-refractivity contribution is -0.138. The smallest absolute Gasteiger partial charge is 0.417 e. The first kappa shape index (κ1) is 15.7. The summed E-state index contributed by atoms with van der Waals surface area (Å²) in [4.78, 5) is 11.0. The first-order chi connectivity index (χ1) is 9.88. The van der Waals surface area contributed by atoms with E-state index in [1.165, 1.54) is 31.7 Å². The summed E-state index contributed by atoms with van der Waals surface area (Å²) in [5.74, 6) is -0.896. The fraction of sp³-hybridized carbons (Fsp3) is 0.533. The van der Waals surface area contributed by atoms with Crippen LogP contribution in [0.3, 0.4) is 0 Å². The molecule has 1 aromatic carbocycles. The number of carboxylic acids is 1. The summed E-state index contributed by atoms with van der Waals surface area (Å²) in [5, 5.41) is 11.9. The summed E-state index contributed by atoms with van der Waals surface area (Å²) >= 11 is 0. The van der Waals surface area contributed by atoms with E-state index in [0.29, 0.717) is 18.2 Å². The van der Waals surface area contributed by atoms with Crippen LogP contribution in [0.2, 0.25) is 0 Å². The van der Waals surface area contributed by atoms with Crippen molar-refractivity contribution in [1.82, 2.24) is 0 Å². The third-order valence-corrected chi connectivity index (χ3v) is 3.91. The molecule has 1 aliphatic rings. The first-order valence-electron chi connectivity index (χ1n) is 7.06. The number of nitrogens with one attached hydrogen (secondary N) is 1. The highest BCUT2D eigenvalue weighted by atomic mass is 19.4. The number of alkyl halides is 3. The zero-order chi connectivity index (χ0) is 15.5. The number of halogens is 3. The molecule has 0 radical (unpaired) electrons. The molecular weight excluding hydrogens is 283 g/mol. The largest absolute Gasteiger partial charge is 0.478 e. The minimum atomic E-state index is -4.66. The molecule has 0 heterocycles. The molecule has 2 rings (SSSR count). The van der Waals surface area contributed by atoms with Gasteiger partial charge in [-0.05, 0) is 30.5 Å². The Bertz CT molecular complexity index is 508. The molecule has 1 aromatic rings. The highest BCUT2D eigenvalue weighted by Crippen LogP contribution is 2.33. The van der Waals surface area contributed by atoms with Crippen molar-refractivity contribution < 1.29 is 23.1 Å². The Hall–Kier alpha value is -1.72. The molecule has 0 unspecified atom stereocenters. The number of rotatable bonds is 5. The maximum atomic E-state index is 12.7. The summed E-state index contributed by atoms with van der Waals surface area (Å²) in [6.45, 7) is 0.648. The second kappa shape index (κ2) is 6.37. The summed E-state index contributed by atoms with van der Waals surface area (Å²) in [5.41, 5.74) is -1.41. The predicted octanol–water partition coefficient (Wildman–Crippen LogP) is 4.40. The van der Waals surface area contributed by atoms with Crippen LogP contribution in [0.1, 0.15) is 48.0 Å². The van der Waals surface area contributed by atoms with Crippen molar-refractivity contribution >= 4 is 11.7 Å². The summed E-state index contributed by atoms with van der Waals surface area (Å²) in [7, 11) is 0. The van der Waals surface area contributed by atoms with Crippen LogP contribution >= 0.6 is 0 Å². The second-order valence-electron chi connectivity index (χ2n) is 5.43. The van der Waals surface area contributed by atoms with Gasteiger partial charge < -0.3 is 10.4 Å². The number of carboxylic acid groups (broad SMARTS) is 1. The molecule has 0 atom stereocenters. The molecule has 0 bridgehead atoms. The van der Waals surface area contributed by atoms with E-state index >= 15 is 0 Å². The quantitative estimate of drug-likeness (QED) is 0.847. The van der Waals surface area contributed by atoms with Crippen molar-refractivity contribution in [1.29, 1.82) is 0 Å². The number of carbonyl (C=O) groups is 1. The van der Waals surface area contributed by atoms with Crippen LogP contribution in [0.15, 0.2) is 18.2 Å². The molecule has 0 amide bonds. The molecule has 1 fully saturated rings. The maximum absolute atomic E-state index is 12.7. The van der Waals surface area contributed by atoms with Crippen LogP contribution < -0.4 is 5.32 Å². The lowest BCUT2D eigenvalue weighted by atomic mass is 10.0. The first-order valence-corrected chi connectivity index (χ1v) is 7.06. The van der Waals surface area contributed by atoms with Gasteiger partial charge in [0.2, 0.25) is 0 Å². The fourth-order valence-corrected chi connectivity index (χ4v) is 2.80. The van der Waals surface area contributed by atoms with Crippen molar-refractivity contribution in [3.63, 3.8) is 0 Å². The Morgan fingerprint density at radius 3 is 2.52 bits per heavy atom. The normalized spacial score (nSPS) is 16.1. The Kier molecular flexibility index (Phi) is 4.75. The molecule has 116 valence electrons. The SMILES string of the molecule is O=C(O)c1cc(NCCC2CCCC2)ccc1C(F)(F)F. The van der Waals surface area contributed by atoms with Gasteiger partial charge in [-0.15, -0.1) is 0 Å². The highest BCUT2D eigenvalue weighted by molar-refractivity contribution is 5.91. The fourth-order valence-electron chi connectivity index (χ4n) is 2.80. The van der Waals surface area contributed by atoms with Gasteiger partial charge in [-0.25, -0.2) is 4.79 Å². The molecule has 0 saturated heterocycles. The Morgan fingerprint density at radius 1 is 1.29 bits per heavy atom. The molecular formula is C15H18F3NO2. The number of hydrogen-bond donors (Lipinski definition) is 2. The molecule has 2 N–H and O–H groups in total.